The first-order valence-electron chi connectivity index (χ1n) is 9.16. The molecule has 0 saturated heterocycles. The molecule has 0 aliphatic heterocycles. The van der Waals surface area contributed by atoms with Crippen LogP contribution in [0.5, 0.6) is 0 Å². The molecular formula is C20H28O3. The van der Waals surface area contributed by atoms with Crippen LogP contribution < -0.4 is 0 Å². The van der Waals surface area contributed by atoms with Gasteiger partial charge in [-0.3, -0.25) is 4.79 Å². The number of carboxylic acid groups (broad SMARTS) is 1. The Labute approximate surface area is 138 Å². The highest BCUT2D eigenvalue weighted by Gasteiger charge is 2.73. The van der Waals surface area contributed by atoms with Gasteiger partial charge in [-0.1, -0.05) is 25.5 Å². The summed E-state index contributed by atoms with van der Waals surface area (Å²) >= 11 is 0. The van der Waals surface area contributed by atoms with Gasteiger partial charge in [0.25, 0.3) is 0 Å². The van der Waals surface area contributed by atoms with Crippen molar-refractivity contribution in [2.45, 2.75) is 58.8 Å². The molecule has 0 heterocycles. The quantitative estimate of drug-likeness (QED) is 0.617. The van der Waals surface area contributed by atoms with E-state index in [-0.39, 0.29) is 22.7 Å². The summed E-state index contributed by atoms with van der Waals surface area (Å²) in [6.07, 6.45) is 8.25. The Bertz CT molecular complexity index is 596. The Morgan fingerprint density at radius 1 is 1.30 bits per heavy atom. The molecule has 2 bridgehead atoms. The molecule has 126 valence electrons. The van der Waals surface area contributed by atoms with Crippen LogP contribution in [0.2, 0.25) is 0 Å². The Morgan fingerprint density at radius 2 is 2.04 bits per heavy atom. The zero-order chi connectivity index (χ0) is 16.6. The zero-order valence-corrected chi connectivity index (χ0v) is 14.3. The second-order valence-electron chi connectivity index (χ2n) is 9.32. The van der Waals surface area contributed by atoms with Gasteiger partial charge in [-0.25, -0.2) is 0 Å². The number of carbonyl (C=O) groups is 2. The number of rotatable bonds is 2. The molecule has 1 N–H and O–H groups in total. The van der Waals surface area contributed by atoms with Crippen LogP contribution in [0.3, 0.4) is 0 Å². The van der Waals surface area contributed by atoms with Crippen molar-refractivity contribution in [2.75, 3.05) is 0 Å². The van der Waals surface area contributed by atoms with E-state index >= 15 is 0 Å². The molecule has 4 saturated carbocycles. The van der Waals surface area contributed by atoms with E-state index < -0.39 is 11.4 Å². The molecule has 1 unspecified atom stereocenters. The highest BCUT2D eigenvalue weighted by atomic mass is 16.4. The first-order valence-corrected chi connectivity index (χ1v) is 9.16. The van der Waals surface area contributed by atoms with Crippen molar-refractivity contribution in [2.24, 2.45) is 39.9 Å². The van der Waals surface area contributed by atoms with Gasteiger partial charge in [0.2, 0.25) is 0 Å². The Morgan fingerprint density at radius 3 is 2.70 bits per heavy atom. The van der Waals surface area contributed by atoms with Crippen molar-refractivity contribution in [3.63, 3.8) is 0 Å². The normalized spacial score (nSPS) is 54.4. The summed E-state index contributed by atoms with van der Waals surface area (Å²) in [5, 5.41) is 9.99. The highest BCUT2D eigenvalue weighted by molar-refractivity contribution is 5.76. The number of carbonyl (C=O) groups excluding carboxylic acids is 1. The lowest BCUT2D eigenvalue weighted by atomic mass is 9.53. The fourth-order valence-electron chi connectivity index (χ4n) is 7.80. The van der Waals surface area contributed by atoms with Crippen molar-refractivity contribution in [1.29, 1.82) is 0 Å². The van der Waals surface area contributed by atoms with E-state index in [0.717, 1.165) is 38.4 Å². The standard InChI is InChI=1S/C20H28O3/c1-12-9-20-10-13(12)5-6-15(20)18(2)7-4-8-19(3,17(22)23)16(18)14(20)11-21/h11,13-16H,1,4-10H2,2-3H3,(H,22,23)/t13-,14+,15+,16?,18+,19-,20-/m1/s1. The third-order valence-electron chi connectivity index (χ3n) is 8.52. The monoisotopic (exact) mass is 316 g/mol. The van der Waals surface area contributed by atoms with Crippen molar-refractivity contribution in [3.8, 4) is 0 Å². The second kappa shape index (κ2) is 4.49. The van der Waals surface area contributed by atoms with E-state index in [1.807, 2.05) is 6.92 Å². The fourth-order valence-corrected chi connectivity index (χ4v) is 7.80. The summed E-state index contributed by atoms with van der Waals surface area (Å²) in [4.78, 5) is 24.4. The highest BCUT2D eigenvalue weighted by Crippen LogP contribution is 2.77. The maximum absolute atomic E-state index is 12.2. The summed E-state index contributed by atoms with van der Waals surface area (Å²) in [6, 6.07) is 0. The number of fused-ring (bicyclic) bond motifs is 3. The fraction of sp³-hybridized carbons (Fsp3) is 0.800. The summed E-state index contributed by atoms with van der Waals surface area (Å²) in [5.74, 6) is 0.219. The third kappa shape index (κ3) is 1.62. The molecule has 4 fully saturated rings. The van der Waals surface area contributed by atoms with Crippen LogP contribution in [0.4, 0.5) is 0 Å². The first kappa shape index (κ1) is 15.4. The number of aliphatic carboxylic acids is 1. The van der Waals surface area contributed by atoms with Gasteiger partial charge in [-0.15, -0.1) is 0 Å². The van der Waals surface area contributed by atoms with E-state index in [9.17, 15) is 14.7 Å². The van der Waals surface area contributed by atoms with E-state index in [1.54, 1.807) is 0 Å². The molecule has 0 amide bonds. The van der Waals surface area contributed by atoms with E-state index in [1.165, 1.54) is 12.0 Å². The number of allylic oxidation sites excluding steroid dienone is 1. The average molecular weight is 316 g/mol. The van der Waals surface area contributed by atoms with Crippen LogP contribution in [-0.4, -0.2) is 17.4 Å². The van der Waals surface area contributed by atoms with Crippen molar-refractivity contribution in [1.82, 2.24) is 0 Å². The summed E-state index contributed by atoms with van der Waals surface area (Å²) < 4.78 is 0. The largest absolute Gasteiger partial charge is 0.481 e. The van der Waals surface area contributed by atoms with Gasteiger partial charge in [0, 0.05) is 5.92 Å². The molecule has 4 aliphatic rings. The van der Waals surface area contributed by atoms with Crippen LogP contribution in [0.15, 0.2) is 12.2 Å². The van der Waals surface area contributed by atoms with Crippen molar-refractivity contribution < 1.29 is 14.7 Å². The molecule has 0 aromatic heterocycles. The lowest BCUT2D eigenvalue weighted by molar-refractivity contribution is -0.161. The van der Waals surface area contributed by atoms with Gasteiger partial charge < -0.3 is 9.90 Å². The van der Waals surface area contributed by atoms with Gasteiger partial charge >= 0.3 is 5.97 Å². The minimum absolute atomic E-state index is 0.00220. The minimum Gasteiger partial charge on any atom is -0.481 e. The van der Waals surface area contributed by atoms with E-state index in [4.69, 9.17) is 0 Å². The topological polar surface area (TPSA) is 54.4 Å². The van der Waals surface area contributed by atoms with Crippen molar-refractivity contribution >= 4 is 12.3 Å². The van der Waals surface area contributed by atoms with E-state index in [0.29, 0.717) is 18.3 Å². The van der Waals surface area contributed by atoms with Crippen LogP contribution in [0.1, 0.15) is 58.8 Å². The molecule has 23 heavy (non-hydrogen) atoms. The molecule has 4 rings (SSSR count). The molecule has 0 aromatic carbocycles. The molecule has 3 nitrogen and oxygen atoms in total. The SMILES string of the molecule is C=C1C[C@]23C[C@H]1CC[C@H]2[C@]1(C)CCC[C@@](C)(C(=O)O)C1[C@@H]3C=O. The van der Waals surface area contributed by atoms with Crippen LogP contribution in [-0.2, 0) is 9.59 Å². The zero-order valence-electron chi connectivity index (χ0n) is 14.3. The number of hydrogen-bond acceptors (Lipinski definition) is 2. The van der Waals surface area contributed by atoms with Crippen LogP contribution in [0, 0.1) is 39.9 Å². The molecule has 0 radical (unpaired) electrons. The first-order chi connectivity index (χ1) is 10.8. The lowest BCUT2D eigenvalue weighted by Crippen LogP contribution is -2.49. The number of carboxylic acids is 1. The maximum atomic E-state index is 12.2. The smallest absolute Gasteiger partial charge is 0.309 e. The predicted octanol–water partition coefficient (Wildman–Crippen LogP) is 4.08. The van der Waals surface area contributed by atoms with Gasteiger partial charge in [-0.2, -0.15) is 0 Å². The Kier molecular flexibility index (Phi) is 3.01. The summed E-state index contributed by atoms with van der Waals surface area (Å²) in [6.45, 7) is 8.51. The molecule has 7 atom stereocenters. The van der Waals surface area contributed by atoms with Crippen LogP contribution in [0.25, 0.3) is 0 Å². The summed E-state index contributed by atoms with van der Waals surface area (Å²) in [5.41, 5.74) is 0.553. The number of aldehydes is 1. The van der Waals surface area contributed by atoms with Gasteiger partial charge in [-0.05, 0) is 74.0 Å². The minimum atomic E-state index is -0.760. The predicted molar refractivity (Wildman–Crippen MR) is 87.8 cm³/mol. The lowest BCUT2D eigenvalue weighted by Gasteiger charge is -2.50. The van der Waals surface area contributed by atoms with Gasteiger partial charge in [0.1, 0.15) is 6.29 Å². The Balaban J connectivity index is 1.90. The molecule has 4 aliphatic carbocycles. The van der Waals surface area contributed by atoms with E-state index in [2.05, 4.69) is 13.5 Å². The van der Waals surface area contributed by atoms with Gasteiger partial charge in [0.05, 0.1) is 5.41 Å². The molecule has 0 aromatic rings. The number of hydrogen-bond donors (Lipinski definition) is 1. The molecule has 3 heteroatoms. The van der Waals surface area contributed by atoms with Gasteiger partial charge in [0.15, 0.2) is 0 Å². The summed E-state index contributed by atoms with van der Waals surface area (Å²) in [7, 11) is 0. The molecular weight excluding hydrogens is 288 g/mol. The maximum Gasteiger partial charge on any atom is 0.309 e. The van der Waals surface area contributed by atoms with Crippen molar-refractivity contribution in [3.05, 3.63) is 12.2 Å². The molecule has 1 spiro atoms. The van der Waals surface area contributed by atoms with Crippen LogP contribution >= 0.6 is 0 Å². The second-order valence-corrected chi connectivity index (χ2v) is 9.32. The Hall–Kier alpha value is -1.12. The third-order valence-corrected chi connectivity index (χ3v) is 8.52. The average Bonchev–Trinajstić information content (AvgIpc) is 2.87.